The van der Waals surface area contributed by atoms with E-state index in [0.717, 1.165) is 18.2 Å². The van der Waals surface area contributed by atoms with Crippen LogP contribution in [0.25, 0.3) is 0 Å². The van der Waals surface area contributed by atoms with Crippen LogP contribution in [0.4, 0.5) is 17.6 Å². The van der Waals surface area contributed by atoms with Crippen molar-refractivity contribution >= 4 is 0 Å². The van der Waals surface area contributed by atoms with E-state index in [1.807, 2.05) is 0 Å². The summed E-state index contributed by atoms with van der Waals surface area (Å²) in [6.45, 7) is 1.75. The number of hydrogen-bond donors (Lipinski definition) is 0. The molecule has 15 heavy (non-hydrogen) atoms. The number of rotatable bonds is 3. The molecule has 0 aliphatic heterocycles. The molecule has 1 aromatic carbocycles. The fourth-order valence-corrected chi connectivity index (χ4v) is 0.947. The summed E-state index contributed by atoms with van der Waals surface area (Å²) in [6.07, 6.45) is -4.79. The topological polar surface area (TPSA) is 18.5 Å². The zero-order valence-corrected chi connectivity index (χ0v) is 7.77. The van der Waals surface area contributed by atoms with Gasteiger partial charge in [-0.25, -0.2) is 4.39 Å². The van der Waals surface area contributed by atoms with Crippen LogP contribution in [0.3, 0.4) is 0 Å². The molecule has 0 atom stereocenters. The van der Waals surface area contributed by atoms with Crippen molar-refractivity contribution in [1.82, 2.24) is 0 Å². The number of benzene rings is 1. The van der Waals surface area contributed by atoms with Gasteiger partial charge in [-0.1, -0.05) is 0 Å². The quantitative estimate of drug-likeness (QED) is 0.734. The minimum Gasteiger partial charge on any atom is -0.491 e. The van der Waals surface area contributed by atoms with Crippen molar-refractivity contribution in [2.45, 2.75) is 13.3 Å². The molecule has 0 aliphatic carbocycles. The zero-order chi connectivity index (χ0) is 11.5. The Labute approximate surface area is 83.4 Å². The highest BCUT2D eigenvalue weighted by Gasteiger charge is 2.31. The molecular formula is C9H8F4O2. The average molecular weight is 224 g/mol. The second-order valence-electron chi connectivity index (χ2n) is 2.57. The molecule has 0 aliphatic rings. The highest BCUT2D eigenvalue weighted by Crippen LogP contribution is 2.28. The van der Waals surface area contributed by atoms with Crippen molar-refractivity contribution in [3.05, 3.63) is 24.0 Å². The van der Waals surface area contributed by atoms with Crippen molar-refractivity contribution < 1.29 is 27.0 Å². The molecule has 0 spiro atoms. The van der Waals surface area contributed by atoms with E-state index in [1.165, 1.54) is 0 Å². The minimum atomic E-state index is -4.79. The summed E-state index contributed by atoms with van der Waals surface area (Å²) < 4.78 is 56.7. The zero-order valence-electron chi connectivity index (χ0n) is 7.77. The Kier molecular flexibility index (Phi) is 3.39. The Balaban J connectivity index is 2.87. The first-order valence-corrected chi connectivity index (χ1v) is 4.10. The van der Waals surface area contributed by atoms with Gasteiger partial charge in [-0.3, -0.25) is 0 Å². The molecule has 0 unspecified atom stereocenters. The Morgan fingerprint density at radius 1 is 1.27 bits per heavy atom. The van der Waals surface area contributed by atoms with Crippen LogP contribution in [0.5, 0.6) is 11.5 Å². The maximum atomic E-state index is 12.9. The van der Waals surface area contributed by atoms with Crippen LogP contribution in [0.15, 0.2) is 18.2 Å². The van der Waals surface area contributed by atoms with Crippen LogP contribution in [0, 0.1) is 5.82 Å². The fraction of sp³-hybridized carbons (Fsp3) is 0.333. The number of halogens is 4. The molecule has 0 amide bonds. The van der Waals surface area contributed by atoms with E-state index in [-0.39, 0.29) is 12.4 Å². The van der Waals surface area contributed by atoms with Gasteiger partial charge < -0.3 is 9.47 Å². The second-order valence-corrected chi connectivity index (χ2v) is 2.57. The Bertz CT molecular complexity index is 335. The van der Waals surface area contributed by atoms with Gasteiger partial charge in [0, 0.05) is 6.07 Å². The molecule has 0 saturated carbocycles. The van der Waals surface area contributed by atoms with Crippen LogP contribution in [-0.2, 0) is 0 Å². The summed E-state index contributed by atoms with van der Waals surface area (Å²) in [6, 6.07) is 2.59. The maximum absolute atomic E-state index is 12.9. The van der Waals surface area contributed by atoms with Crippen molar-refractivity contribution in [3.63, 3.8) is 0 Å². The smallest absolute Gasteiger partial charge is 0.491 e. The molecule has 6 heteroatoms. The van der Waals surface area contributed by atoms with Gasteiger partial charge in [0.05, 0.1) is 6.61 Å². The summed E-state index contributed by atoms with van der Waals surface area (Å²) in [7, 11) is 0. The van der Waals surface area contributed by atoms with Crippen LogP contribution in [-0.4, -0.2) is 13.0 Å². The lowest BCUT2D eigenvalue weighted by Crippen LogP contribution is -2.17. The van der Waals surface area contributed by atoms with Crippen molar-refractivity contribution in [3.8, 4) is 11.5 Å². The van der Waals surface area contributed by atoms with Crippen LogP contribution in [0.1, 0.15) is 6.92 Å². The first-order valence-electron chi connectivity index (χ1n) is 4.10. The third-order valence-electron chi connectivity index (χ3n) is 1.44. The monoisotopic (exact) mass is 224 g/mol. The van der Waals surface area contributed by atoms with E-state index in [1.54, 1.807) is 6.92 Å². The van der Waals surface area contributed by atoms with Crippen molar-refractivity contribution in [2.24, 2.45) is 0 Å². The van der Waals surface area contributed by atoms with Gasteiger partial charge in [0.1, 0.15) is 5.75 Å². The summed E-state index contributed by atoms with van der Waals surface area (Å²) in [5.41, 5.74) is 0. The van der Waals surface area contributed by atoms with Gasteiger partial charge in [0.15, 0.2) is 11.6 Å². The molecule has 0 saturated heterocycles. The van der Waals surface area contributed by atoms with E-state index in [2.05, 4.69) is 4.74 Å². The van der Waals surface area contributed by atoms with Crippen LogP contribution in [0.2, 0.25) is 0 Å². The lowest BCUT2D eigenvalue weighted by Gasteiger charge is -2.10. The molecule has 84 valence electrons. The standard InChI is InChI=1S/C9H8F4O2/c1-2-14-8-5-6(3-4-7(8)10)15-9(11,12)13/h3-5H,2H2,1H3. The van der Waals surface area contributed by atoms with Gasteiger partial charge in [0.2, 0.25) is 0 Å². The molecule has 0 radical (unpaired) electrons. The number of alkyl halides is 3. The Morgan fingerprint density at radius 2 is 1.93 bits per heavy atom. The van der Waals surface area contributed by atoms with Gasteiger partial charge in [0.25, 0.3) is 0 Å². The predicted octanol–water partition coefficient (Wildman–Crippen LogP) is 3.12. The van der Waals surface area contributed by atoms with Gasteiger partial charge in [-0.05, 0) is 19.1 Å². The normalized spacial score (nSPS) is 11.3. The molecule has 2 nitrogen and oxygen atoms in total. The number of hydrogen-bond acceptors (Lipinski definition) is 2. The molecule has 1 rings (SSSR count). The molecule has 0 heterocycles. The van der Waals surface area contributed by atoms with E-state index in [9.17, 15) is 17.6 Å². The van der Waals surface area contributed by atoms with Gasteiger partial charge in [-0.2, -0.15) is 0 Å². The van der Waals surface area contributed by atoms with Crippen molar-refractivity contribution in [2.75, 3.05) is 6.61 Å². The third-order valence-corrected chi connectivity index (χ3v) is 1.44. The predicted molar refractivity (Wildman–Crippen MR) is 44.3 cm³/mol. The first kappa shape index (κ1) is 11.6. The third kappa shape index (κ3) is 3.65. The summed E-state index contributed by atoms with van der Waals surface area (Å²) in [5, 5.41) is 0. The molecule has 0 bridgehead atoms. The lowest BCUT2D eigenvalue weighted by molar-refractivity contribution is -0.274. The lowest BCUT2D eigenvalue weighted by atomic mass is 10.3. The van der Waals surface area contributed by atoms with E-state index >= 15 is 0 Å². The summed E-state index contributed by atoms with van der Waals surface area (Å²) >= 11 is 0. The SMILES string of the molecule is CCOc1cc(OC(F)(F)F)ccc1F. The highest BCUT2D eigenvalue weighted by molar-refractivity contribution is 5.34. The maximum Gasteiger partial charge on any atom is 0.573 e. The molecule has 0 fully saturated rings. The Hall–Kier alpha value is -1.46. The van der Waals surface area contributed by atoms with E-state index in [0.29, 0.717) is 0 Å². The summed E-state index contributed by atoms with van der Waals surface area (Å²) in [5.74, 6) is -1.50. The average Bonchev–Trinajstić information content (AvgIpc) is 2.09. The fourth-order valence-electron chi connectivity index (χ4n) is 0.947. The second kappa shape index (κ2) is 4.37. The van der Waals surface area contributed by atoms with Crippen LogP contribution < -0.4 is 9.47 Å². The summed E-state index contributed by atoms with van der Waals surface area (Å²) in [4.78, 5) is 0. The molecule has 0 N–H and O–H groups in total. The minimum absolute atomic E-state index is 0.159. The molecule has 1 aromatic rings. The highest BCUT2D eigenvalue weighted by atomic mass is 19.4. The van der Waals surface area contributed by atoms with Gasteiger partial charge >= 0.3 is 6.36 Å². The van der Waals surface area contributed by atoms with Crippen molar-refractivity contribution in [1.29, 1.82) is 0 Å². The van der Waals surface area contributed by atoms with Gasteiger partial charge in [-0.15, -0.1) is 13.2 Å². The van der Waals surface area contributed by atoms with E-state index in [4.69, 9.17) is 4.74 Å². The molecule has 0 aromatic heterocycles. The first-order chi connectivity index (χ1) is 6.92. The number of ether oxygens (including phenoxy) is 2. The van der Waals surface area contributed by atoms with Crippen LogP contribution >= 0.6 is 0 Å². The molecular weight excluding hydrogens is 216 g/mol. The van der Waals surface area contributed by atoms with E-state index < -0.39 is 17.9 Å². The largest absolute Gasteiger partial charge is 0.573 e. The Morgan fingerprint density at radius 3 is 2.47 bits per heavy atom.